The Bertz CT molecular complexity index is 667. The third-order valence-electron chi connectivity index (χ3n) is 4.56. The van der Waals surface area contributed by atoms with Gasteiger partial charge in [-0.25, -0.2) is 9.97 Å². The second-order valence-corrected chi connectivity index (χ2v) is 6.39. The molecule has 1 aliphatic rings. The van der Waals surface area contributed by atoms with E-state index in [0.717, 1.165) is 30.9 Å². The Morgan fingerprint density at radius 2 is 1.95 bits per heavy atom. The van der Waals surface area contributed by atoms with Gasteiger partial charge >= 0.3 is 0 Å². The van der Waals surface area contributed by atoms with Crippen molar-refractivity contribution in [1.82, 2.24) is 9.97 Å². The maximum absolute atomic E-state index is 6.21. The third-order valence-corrected chi connectivity index (χ3v) is 4.72. The van der Waals surface area contributed by atoms with E-state index in [1.807, 2.05) is 0 Å². The highest BCUT2D eigenvalue weighted by Crippen LogP contribution is 2.39. The van der Waals surface area contributed by atoms with Crippen molar-refractivity contribution in [1.29, 1.82) is 0 Å². The van der Waals surface area contributed by atoms with Crippen LogP contribution < -0.4 is 4.90 Å². The summed E-state index contributed by atoms with van der Waals surface area (Å²) in [6.45, 7) is 5.16. The maximum Gasteiger partial charge on any atom is 0.224 e. The second kappa shape index (κ2) is 6.25. The van der Waals surface area contributed by atoms with Crippen molar-refractivity contribution in [3.8, 4) is 0 Å². The van der Waals surface area contributed by atoms with E-state index in [-0.39, 0.29) is 0 Å². The first-order chi connectivity index (χ1) is 10.6. The minimum atomic E-state index is 0.328. The molecule has 3 rings (SSSR count). The third kappa shape index (κ3) is 2.82. The lowest BCUT2D eigenvalue weighted by atomic mass is 9.82. The monoisotopic (exact) mass is 315 g/mol. The number of aromatic nitrogens is 2. The van der Waals surface area contributed by atoms with Gasteiger partial charge < -0.3 is 4.90 Å². The smallest absolute Gasteiger partial charge is 0.224 e. The number of nitrogens with zero attached hydrogens (tertiary/aromatic N) is 3. The summed E-state index contributed by atoms with van der Waals surface area (Å²) >= 11 is 6.21. The van der Waals surface area contributed by atoms with Crippen molar-refractivity contribution in [2.45, 2.75) is 39.0 Å². The standard InChI is InChI=1S/C18H22ClN3/c1-4-22(3)17-15-7-5-6-14(16(15)20-18(19)21-17)13-10-8-12(2)9-11-13/h8-11,14H,4-7H2,1-3H3. The molecule has 1 heterocycles. The van der Waals surface area contributed by atoms with Crippen LogP contribution in [0.3, 0.4) is 0 Å². The van der Waals surface area contributed by atoms with Crippen LogP contribution in [0.1, 0.15) is 48.1 Å². The molecule has 1 unspecified atom stereocenters. The Hall–Kier alpha value is -1.61. The Labute approximate surface area is 137 Å². The van der Waals surface area contributed by atoms with Crippen LogP contribution in [0.4, 0.5) is 5.82 Å². The van der Waals surface area contributed by atoms with Crippen LogP contribution in [0.2, 0.25) is 5.28 Å². The topological polar surface area (TPSA) is 29.0 Å². The van der Waals surface area contributed by atoms with E-state index in [1.165, 1.54) is 23.1 Å². The van der Waals surface area contributed by atoms with Gasteiger partial charge in [0.1, 0.15) is 5.82 Å². The minimum Gasteiger partial charge on any atom is -0.360 e. The quantitative estimate of drug-likeness (QED) is 0.788. The van der Waals surface area contributed by atoms with Crippen LogP contribution >= 0.6 is 11.6 Å². The van der Waals surface area contributed by atoms with Gasteiger partial charge in [-0.05, 0) is 50.3 Å². The molecule has 2 aromatic rings. The Balaban J connectivity index is 2.09. The highest BCUT2D eigenvalue weighted by molar-refractivity contribution is 6.28. The number of anilines is 1. The first-order valence-corrected chi connectivity index (χ1v) is 8.32. The van der Waals surface area contributed by atoms with Crippen LogP contribution in [-0.4, -0.2) is 23.6 Å². The van der Waals surface area contributed by atoms with Gasteiger partial charge in [-0.15, -0.1) is 0 Å². The molecule has 1 atom stereocenters. The summed E-state index contributed by atoms with van der Waals surface area (Å²) in [6, 6.07) is 8.78. The number of halogens is 1. The zero-order chi connectivity index (χ0) is 15.7. The number of aryl methyl sites for hydroxylation is 1. The van der Waals surface area contributed by atoms with E-state index in [4.69, 9.17) is 11.6 Å². The molecule has 4 heteroatoms. The van der Waals surface area contributed by atoms with Crippen molar-refractivity contribution >= 4 is 17.4 Å². The van der Waals surface area contributed by atoms with Gasteiger partial charge in [0.05, 0.1) is 5.69 Å². The molecule has 0 aliphatic heterocycles. The largest absolute Gasteiger partial charge is 0.360 e. The number of fused-ring (bicyclic) bond motifs is 1. The molecule has 0 radical (unpaired) electrons. The van der Waals surface area contributed by atoms with Gasteiger partial charge in [-0.1, -0.05) is 29.8 Å². The lowest BCUT2D eigenvalue weighted by molar-refractivity contribution is 0.593. The van der Waals surface area contributed by atoms with E-state index in [2.05, 4.69) is 60.0 Å². The van der Waals surface area contributed by atoms with Crippen molar-refractivity contribution in [2.24, 2.45) is 0 Å². The van der Waals surface area contributed by atoms with Crippen LogP contribution in [0.5, 0.6) is 0 Å². The Morgan fingerprint density at radius 1 is 1.23 bits per heavy atom. The molecule has 0 spiro atoms. The normalized spacial score (nSPS) is 17.2. The summed E-state index contributed by atoms with van der Waals surface area (Å²) in [5.41, 5.74) is 4.99. The molecule has 1 aromatic carbocycles. The lowest BCUT2D eigenvalue weighted by Crippen LogP contribution is -2.23. The summed E-state index contributed by atoms with van der Waals surface area (Å²) in [5.74, 6) is 1.32. The van der Waals surface area contributed by atoms with Gasteiger partial charge in [0, 0.05) is 25.1 Å². The predicted molar refractivity (Wildman–Crippen MR) is 91.9 cm³/mol. The average Bonchev–Trinajstić information content (AvgIpc) is 2.53. The van der Waals surface area contributed by atoms with Gasteiger partial charge in [0.15, 0.2) is 0 Å². The van der Waals surface area contributed by atoms with E-state index in [1.54, 1.807) is 0 Å². The first kappa shape index (κ1) is 15.3. The highest BCUT2D eigenvalue weighted by atomic mass is 35.5. The van der Waals surface area contributed by atoms with Crippen molar-refractivity contribution in [3.63, 3.8) is 0 Å². The second-order valence-electron chi connectivity index (χ2n) is 6.05. The van der Waals surface area contributed by atoms with Crippen LogP contribution in [0, 0.1) is 6.92 Å². The van der Waals surface area contributed by atoms with Crippen LogP contribution in [0.15, 0.2) is 24.3 Å². The summed E-state index contributed by atoms with van der Waals surface area (Å²) in [5, 5.41) is 0.355. The molecule has 116 valence electrons. The molecular formula is C18H22ClN3. The average molecular weight is 316 g/mol. The highest BCUT2D eigenvalue weighted by Gasteiger charge is 2.27. The molecule has 22 heavy (non-hydrogen) atoms. The van der Waals surface area contributed by atoms with E-state index in [0.29, 0.717) is 11.2 Å². The summed E-state index contributed by atoms with van der Waals surface area (Å²) in [4.78, 5) is 11.2. The molecule has 0 bridgehead atoms. The fourth-order valence-corrected chi connectivity index (χ4v) is 3.37. The Morgan fingerprint density at radius 3 is 2.64 bits per heavy atom. The predicted octanol–water partition coefficient (Wildman–Crippen LogP) is 4.36. The molecule has 3 nitrogen and oxygen atoms in total. The van der Waals surface area contributed by atoms with Gasteiger partial charge in [-0.3, -0.25) is 0 Å². The molecule has 0 fully saturated rings. The van der Waals surface area contributed by atoms with Crippen molar-refractivity contribution < 1.29 is 0 Å². The number of rotatable bonds is 3. The van der Waals surface area contributed by atoms with E-state index in [9.17, 15) is 0 Å². The fraction of sp³-hybridized carbons (Fsp3) is 0.444. The van der Waals surface area contributed by atoms with Crippen LogP contribution in [0.25, 0.3) is 0 Å². The van der Waals surface area contributed by atoms with Crippen molar-refractivity contribution in [2.75, 3.05) is 18.5 Å². The number of hydrogen-bond donors (Lipinski definition) is 0. The lowest BCUT2D eigenvalue weighted by Gasteiger charge is -2.29. The molecule has 1 aliphatic carbocycles. The molecular weight excluding hydrogens is 294 g/mol. The van der Waals surface area contributed by atoms with Gasteiger partial charge in [-0.2, -0.15) is 0 Å². The summed E-state index contributed by atoms with van der Waals surface area (Å²) in [7, 11) is 2.06. The zero-order valence-corrected chi connectivity index (χ0v) is 14.2. The first-order valence-electron chi connectivity index (χ1n) is 7.94. The molecule has 0 saturated carbocycles. The SMILES string of the molecule is CCN(C)c1nc(Cl)nc2c1CCCC2c1ccc(C)cc1. The fourth-order valence-electron chi connectivity index (χ4n) is 3.20. The van der Waals surface area contributed by atoms with Gasteiger partial charge in [0.2, 0.25) is 5.28 Å². The summed E-state index contributed by atoms with van der Waals surface area (Å²) < 4.78 is 0. The van der Waals surface area contributed by atoms with E-state index >= 15 is 0 Å². The van der Waals surface area contributed by atoms with E-state index < -0.39 is 0 Å². The van der Waals surface area contributed by atoms with Crippen LogP contribution in [-0.2, 0) is 6.42 Å². The molecule has 0 amide bonds. The number of hydrogen-bond acceptors (Lipinski definition) is 3. The van der Waals surface area contributed by atoms with Crippen molar-refractivity contribution in [3.05, 3.63) is 51.9 Å². The Kier molecular flexibility index (Phi) is 4.34. The summed E-state index contributed by atoms with van der Waals surface area (Å²) in [6.07, 6.45) is 3.33. The number of benzene rings is 1. The molecule has 0 saturated heterocycles. The van der Waals surface area contributed by atoms with Gasteiger partial charge in [0.25, 0.3) is 0 Å². The molecule has 0 N–H and O–H groups in total. The maximum atomic E-state index is 6.21. The minimum absolute atomic E-state index is 0.328. The molecule has 1 aromatic heterocycles. The zero-order valence-electron chi connectivity index (χ0n) is 13.4.